The number of carbonyl (C=O) groups is 1. The number of nitrogens with zero attached hydrogens (tertiary/aromatic N) is 3. The zero-order valence-corrected chi connectivity index (χ0v) is 15.5. The van der Waals surface area contributed by atoms with Crippen LogP contribution in [0.1, 0.15) is 30.9 Å². The summed E-state index contributed by atoms with van der Waals surface area (Å²) < 4.78 is 40.5. The van der Waals surface area contributed by atoms with Crippen molar-refractivity contribution in [3.63, 3.8) is 0 Å². The fraction of sp³-hybridized carbons (Fsp3) is 0.286. The molecule has 2 heterocycles. The fourth-order valence-corrected chi connectivity index (χ4v) is 3.88. The summed E-state index contributed by atoms with van der Waals surface area (Å²) in [6.45, 7) is 3.49. The van der Waals surface area contributed by atoms with Crippen LogP contribution in [0.3, 0.4) is 0 Å². The Bertz CT molecular complexity index is 1060. The monoisotopic (exact) mass is 400 g/mol. The molecule has 1 N–H and O–H groups in total. The van der Waals surface area contributed by atoms with Gasteiger partial charge in [0.2, 0.25) is 5.91 Å². The number of carbonyl (C=O) groups excluding carboxylic acids is 1. The van der Waals surface area contributed by atoms with Gasteiger partial charge in [-0.25, -0.2) is 0 Å². The Morgan fingerprint density at radius 2 is 1.97 bits per heavy atom. The van der Waals surface area contributed by atoms with Crippen molar-refractivity contribution in [1.29, 1.82) is 0 Å². The van der Waals surface area contributed by atoms with Gasteiger partial charge >= 0.3 is 6.18 Å². The van der Waals surface area contributed by atoms with Gasteiger partial charge in [-0.1, -0.05) is 18.7 Å². The SMILES string of the molecule is C=CC(=O)NC1CCCC1n1nc(-c2ccc(C(F)(F)F)cc2)c2ncccc21. The van der Waals surface area contributed by atoms with Crippen LogP contribution in [0.25, 0.3) is 22.3 Å². The molecule has 0 saturated heterocycles. The first-order valence-corrected chi connectivity index (χ1v) is 9.32. The molecule has 3 aromatic rings. The van der Waals surface area contributed by atoms with E-state index in [0.717, 1.165) is 36.9 Å². The van der Waals surface area contributed by atoms with Crippen molar-refractivity contribution in [3.8, 4) is 11.3 Å². The van der Waals surface area contributed by atoms with Crippen molar-refractivity contribution in [3.05, 3.63) is 60.8 Å². The second-order valence-electron chi connectivity index (χ2n) is 7.06. The molecule has 0 spiro atoms. The van der Waals surface area contributed by atoms with E-state index in [-0.39, 0.29) is 18.0 Å². The van der Waals surface area contributed by atoms with Gasteiger partial charge in [-0.2, -0.15) is 18.3 Å². The van der Waals surface area contributed by atoms with E-state index in [1.165, 1.54) is 18.2 Å². The van der Waals surface area contributed by atoms with Gasteiger partial charge < -0.3 is 5.32 Å². The predicted octanol–water partition coefficient (Wildman–Crippen LogP) is 4.51. The van der Waals surface area contributed by atoms with Crippen molar-refractivity contribution >= 4 is 16.9 Å². The maximum Gasteiger partial charge on any atom is 0.416 e. The first kappa shape index (κ1) is 19.2. The Labute approximate surface area is 165 Å². The van der Waals surface area contributed by atoms with E-state index in [2.05, 4.69) is 16.9 Å². The maximum atomic E-state index is 12.9. The van der Waals surface area contributed by atoms with Gasteiger partial charge in [-0.05, 0) is 49.6 Å². The van der Waals surface area contributed by atoms with Gasteiger partial charge in [0.05, 0.1) is 23.2 Å². The molecule has 150 valence electrons. The number of aromatic nitrogens is 3. The number of hydrogen-bond donors (Lipinski definition) is 1. The first-order valence-electron chi connectivity index (χ1n) is 9.32. The van der Waals surface area contributed by atoms with Crippen LogP contribution in [0.2, 0.25) is 0 Å². The van der Waals surface area contributed by atoms with E-state index < -0.39 is 11.7 Å². The molecule has 0 bridgehead atoms. The molecule has 2 aromatic heterocycles. The quantitative estimate of drug-likeness (QED) is 0.656. The molecule has 1 fully saturated rings. The Morgan fingerprint density at radius 3 is 2.66 bits per heavy atom. The Morgan fingerprint density at radius 1 is 1.21 bits per heavy atom. The van der Waals surface area contributed by atoms with Crippen LogP contribution in [-0.2, 0) is 11.0 Å². The molecule has 1 aliphatic carbocycles. The predicted molar refractivity (Wildman–Crippen MR) is 103 cm³/mol. The van der Waals surface area contributed by atoms with E-state index >= 15 is 0 Å². The lowest BCUT2D eigenvalue weighted by Crippen LogP contribution is -2.37. The minimum atomic E-state index is -4.39. The lowest BCUT2D eigenvalue weighted by atomic mass is 10.1. The van der Waals surface area contributed by atoms with Crippen molar-refractivity contribution < 1.29 is 18.0 Å². The number of alkyl halides is 3. The molecule has 2 unspecified atom stereocenters. The lowest BCUT2D eigenvalue weighted by Gasteiger charge is -2.21. The van der Waals surface area contributed by atoms with Gasteiger partial charge in [0, 0.05) is 11.8 Å². The molecular formula is C21H19F3N4O. The van der Waals surface area contributed by atoms with Gasteiger partial charge in [0.15, 0.2) is 0 Å². The third-order valence-electron chi connectivity index (χ3n) is 5.26. The fourth-order valence-electron chi connectivity index (χ4n) is 3.88. The molecule has 5 nitrogen and oxygen atoms in total. The third kappa shape index (κ3) is 3.62. The minimum Gasteiger partial charge on any atom is -0.348 e. The van der Waals surface area contributed by atoms with Crippen LogP contribution in [-0.4, -0.2) is 26.7 Å². The average Bonchev–Trinajstić information content (AvgIpc) is 3.31. The normalized spacial score (nSPS) is 19.4. The molecule has 1 saturated carbocycles. The van der Waals surface area contributed by atoms with E-state index in [4.69, 9.17) is 5.10 Å². The second-order valence-corrected chi connectivity index (χ2v) is 7.06. The number of rotatable bonds is 4. The van der Waals surface area contributed by atoms with Gasteiger partial charge in [-0.15, -0.1) is 0 Å². The average molecular weight is 400 g/mol. The summed E-state index contributed by atoms with van der Waals surface area (Å²) in [4.78, 5) is 16.2. The molecule has 4 rings (SSSR count). The van der Waals surface area contributed by atoms with Crippen LogP contribution < -0.4 is 5.32 Å². The van der Waals surface area contributed by atoms with E-state index in [9.17, 15) is 18.0 Å². The Hall–Kier alpha value is -3.16. The van der Waals surface area contributed by atoms with E-state index in [0.29, 0.717) is 16.8 Å². The van der Waals surface area contributed by atoms with Crippen molar-refractivity contribution in [2.45, 2.75) is 37.5 Å². The van der Waals surface area contributed by atoms with E-state index in [1.807, 2.05) is 10.7 Å². The highest BCUT2D eigenvalue weighted by molar-refractivity contribution is 5.90. The molecule has 1 aromatic carbocycles. The smallest absolute Gasteiger partial charge is 0.348 e. The number of nitrogens with one attached hydrogen (secondary N) is 1. The summed E-state index contributed by atoms with van der Waals surface area (Å²) in [6.07, 6.45) is 1.07. The zero-order chi connectivity index (χ0) is 20.6. The van der Waals surface area contributed by atoms with Crippen molar-refractivity contribution in [2.75, 3.05) is 0 Å². The topological polar surface area (TPSA) is 59.8 Å². The molecule has 0 radical (unpaired) electrons. The number of pyridine rings is 1. The molecule has 2 atom stereocenters. The van der Waals surface area contributed by atoms with Gasteiger partial charge in [-0.3, -0.25) is 14.5 Å². The highest BCUT2D eigenvalue weighted by Crippen LogP contribution is 2.36. The van der Waals surface area contributed by atoms with Crippen LogP contribution >= 0.6 is 0 Å². The highest BCUT2D eigenvalue weighted by Gasteiger charge is 2.33. The lowest BCUT2D eigenvalue weighted by molar-refractivity contribution is -0.137. The zero-order valence-electron chi connectivity index (χ0n) is 15.5. The summed E-state index contributed by atoms with van der Waals surface area (Å²) in [7, 11) is 0. The Kier molecular flexibility index (Phi) is 4.86. The number of amides is 1. The minimum absolute atomic E-state index is 0.0613. The Balaban J connectivity index is 1.76. The van der Waals surface area contributed by atoms with Gasteiger partial charge in [0.1, 0.15) is 11.2 Å². The van der Waals surface area contributed by atoms with Crippen LogP contribution in [0, 0.1) is 0 Å². The van der Waals surface area contributed by atoms with Crippen LogP contribution in [0.5, 0.6) is 0 Å². The molecule has 1 aliphatic rings. The van der Waals surface area contributed by atoms with Crippen molar-refractivity contribution in [2.24, 2.45) is 0 Å². The summed E-state index contributed by atoms with van der Waals surface area (Å²) in [5.74, 6) is -0.237. The first-order chi connectivity index (χ1) is 13.9. The molecule has 0 aliphatic heterocycles. The summed E-state index contributed by atoms with van der Waals surface area (Å²) in [5, 5.41) is 7.66. The third-order valence-corrected chi connectivity index (χ3v) is 5.26. The molecule has 8 heteroatoms. The van der Waals surface area contributed by atoms with Crippen LogP contribution in [0.15, 0.2) is 55.3 Å². The molecule has 1 amide bonds. The molecular weight excluding hydrogens is 381 g/mol. The maximum absolute atomic E-state index is 12.9. The number of hydrogen-bond acceptors (Lipinski definition) is 3. The highest BCUT2D eigenvalue weighted by atomic mass is 19.4. The van der Waals surface area contributed by atoms with Gasteiger partial charge in [0.25, 0.3) is 0 Å². The van der Waals surface area contributed by atoms with E-state index in [1.54, 1.807) is 12.3 Å². The largest absolute Gasteiger partial charge is 0.416 e. The number of fused-ring (bicyclic) bond motifs is 1. The summed E-state index contributed by atoms with van der Waals surface area (Å²) >= 11 is 0. The number of benzene rings is 1. The second kappa shape index (κ2) is 7.35. The summed E-state index contributed by atoms with van der Waals surface area (Å²) in [6, 6.07) is 8.44. The van der Waals surface area contributed by atoms with Crippen LogP contribution in [0.4, 0.5) is 13.2 Å². The number of halogens is 3. The summed E-state index contributed by atoms with van der Waals surface area (Å²) in [5.41, 5.74) is 1.78. The molecule has 29 heavy (non-hydrogen) atoms. The standard InChI is InChI=1S/C21H19F3N4O/c1-2-18(29)26-15-5-3-6-16(15)28-17-7-4-12-25-20(17)19(27-28)13-8-10-14(11-9-13)21(22,23)24/h2,4,7-12,15-16H,1,3,5-6H2,(H,26,29). The van der Waals surface area contributed by atoms with Crippen molar-refractivity contribution in [1.82, 2.24) is 20.1 Å².